The van der Waals surface area contributed by atoms with Crippen LogP contribution in [0.3, 0.4) is 0 Å². The summed E-state index contributed by atoms with van der Waals surface area (Å²) in [5.41, 5.74) is 0.0774. The molecular formula is C14H9BrO6. The van der Waals surface area contributed by atoms with Crippen LogP contribution in [-0.2, 0) is 0 Å². The van der Waals surface area contributed by atoms with E-state index in [0.717, 1.165) is 6.07 Å². The molecule has 0 aliphatic heterocycles. The molecule has 3 aromatic rings. The maximum absolute atomic E-state index is 12.3. The predicted molar refractivity (Wildman–Crippen MR) is 78.6 cm³/mol. The van der Waals surface area contributed by atoms with Crippen molar-refractivity contribution in [3.8, 4) is 11.5 Å². The van der Waals surface area contributed by atoms with Gasteiger partial charge in [-0.1, -0.05) is 0 Å². The maximum atomic E-state index is 12.3. The minimum Gasteiger partial charge on any atom is -0.495 e. The lowest BCUT2D eigenvalue weighted by molar-refractivity contribution is 0.107. The lowest BCUT2D eigenvalue weighted by atomic mass is 10.1. The monoisotopic (exact) mass is 352 g/mol. The number of hydrogen-bond donors (Lipinski definition) is 0. The fourth-order valence-electron chi connectivity index (χ4n) is 2.26. The summed E-state index contributed by atoms with van der Waals surface area (Å²) < 4.78 is 20.9. The Hall–Kier alpha value is -2.28. The molecule has 0 aliphatic rings. The Morgan fingerprint density at radius 1 is 1.19 bits per heavy atom. The number of hydrogen-bond acceptors (Lipinski definition) is 6. The van der Waals surface area contributed by atoms with Crippen LogP contribution in [0.5, 0.6) is 11.5 Å². The van der Waals surface area contributed by atoms with Crippen LogP contribution in [0.2, 0.25) is 0 Å². The van der Waals surface area contributed by atoms with Gasteiger partial charge >= 0.3 is 0 Å². The summed E-state index contributed by atoms with van der Waals surface area (Å²) in [6.07, 6.45) is 1.45. The second-order valence-electron chi connectivity index (χ2n) is 4.18. The molecule has 0 spiro atoms. The summed E-state index contributed by atoms with van der Waals surface area (Å²) in [5.74, 6) is 0.425. The highest BCUT2D eigenvalue weighted by molar-refractivity contribution is 9.18. The summed E-state index contributed by atoms with van der Waals surface area (Å²) in [4.78, 5) is 23.7. The van der Waals surface area contributed by atoms with E-state index >= 15 is 0 Å². The summed E-state index contributed by atoms with van der Waals surface area (Å²) in [6, 6.07) is 2.77. The van der Waals surface area contributed by atoms with Crippen LogP contribution in [0, 0.1) is 0 Å². The van der Waals surface area contributed by atoms with Crippen molar-refractivity contribution in [2.45, 2.75) is 0 Å². The molecule has 0 fully saturated rings. The van der Waals surface area contributed by atoms with Gasteiger partial charge in [0.15, 0.2) is 22.4 Å². The van der Waals surface area contributed by atoms with Gasteiger partial charge in [-0.25, -0.2) is 0 Å². The van der Waals surface area contributed by atoms with Crippen molar-refractivity contribution in [3.63, 3.8) is 0 Å². The van der Waals surface area contributed by atoms with Crippen LogP contribution in [0.15, 0.2) is 32.0 Å². The Kier molecular flexibility index (Phi) is 3.21. The van der Waals surface area contributed by atoms with E-state index in [1.165, 1.54) is 20.5 Å². The van der Waals surface area contributed by atoms with Crippen LogP contribution in [-0.4, -0.2) is 18.9 Å². The number of ether oxygens (including phenoxy) is 2. The van der Waals surface area contributed by atoms with Crippen molar-refractivity contribution < 1.29 is 23.1 Å². The molecule has 0 aliphatic carbocycles. The number of methoxy groups -OCH3 is 2. The van der Waals surface area contributed by atoms with Gasteiger partial charge < -0.3 is 18.3 Å². The van der Waals surface area contributed by atoms with E-state index < -0.39 is 10.1 Å². The predicted octanol–water partition coefficient (Wildman–Crippen LogP) is 3.09. The van der Waals surface area contributed by atoms with Crippen molar-refractivity contribution in [2.75, 3.05) is 14.2 Å². The summed E-state index contributed by atoms with van der Waals surface area (Å²) in [5, 5.41) is 0.785. The molecule has 0 saturated heterocycles. The van der Waals surface area contributed by atoms with Crippen molar-refractivity contribution in [1.82, 2.24) is 0 Å². The second-order valence-corrected chi connectivity index (χ2v) is 4.90. The molecule has 6 nitrogen and oxygen atoms in total. The van der Waals surface area contributed by atoms with Gasteiger partial charge in [-0.15, -0.1) is 0 Å². The van der Waals surface area contributed by atoms with Crippen molar-refractivity contribution in [1.29, 1.82) is 0 Å². The molecule has 21 heavy (non-hydrogen) atoms. The van der Waals surface area contributed by atoms with E-state index in [1.54, 1.807) is 6.07 Å². The molecule has 2 heterocycles. The number of furan rings is 1. The van der Waals surface area contributed by atoms with E-state index in [2.05, 4.69) is 15.9 Å². The van der Waals surface area contributed by atoms with Gasteiger partial charge in [0.05, 0.1) is 25.9 Å². The van der Waals surface area contributed by atoms with Crippen LogP contribution in [0.25, 0.3) is 21.9 Å². The Bertz CT molecular complexity index is 920. The number of halogens is 1. The molecule has 2 aromatic heterocycles. The third-order valence-electron chi connectivity index (χ3n) is 3.10. The van der Waals surface area contributed by atoms with E-state index in [-0.39, 0.29) is 22.5 Å². The highest BCUT2D eigenvalue weighted by atomic mass is 79.9. The van der Waals surface area contributed by atoms with E-state index in [1.807, 2.05) is 0 Å². The van der Waals surface area contributed by atoms with Gasteiger partial charge in [-0.3, -0.25) is 9.59 Å². The highest BCUT2D eigenvalue weighted by Gasteiger charge is 2.23. The van der Waals surface area contributed by atoms with Crippen LogP contribution in [0.4, 0.5) is 0 Å². The molecule has 1 aromatic carbocycles. The minimum atomic E-state index is -0.540. The Balaban J connectivity index is 2.62. The zero-order valence-electron chi connectivity index (χ0n) is 11.1. The molecule has 0 radical (unpaired) electrons. The fraction of sp³-hybridized carbons (Fsp3) is 0.143. The first-order valence-corrected chi connectivity index (χ1v) is 6.66. The van der Waals surface area contributed by atoms with E-state index in [0.29, 0.717) is 16.7 Å². The minimum absolute atomic E-state index is 0.104. The average Bonchev–Trinajstić information content (AvgIpc) is 2.93. The van der Waals surface area contributed by atoms with Crippen molar-refractivity contribution in [3.05, 3.63) is 34.4 Å². The molecule has 0 amide bonds. The Morgan fingerprint density at radius 3 is 2.52 bits per heavy atom. The average molecular weight is 353 g/mol. The van der Waals surface area contributed by atoms with Gasteiger partial charge in [0.1, 0.15) is 11.1 Å². The topological polar surface area (TPSA) is 78.9 Å². The van der Waals surface area contributed by atoms with Gasteiger partial charge in [0, 0.05) is 22.0 Å². The number of benzene rings is 1. The lowest BCUT2D eigenvalue weighted by Gasteiger charge is -2.10. The molecule has 0 bridgehead atoms. The molecule has 108 valence electrons. The summed E-state index contributed by atoms with van der Waals surface area (Å²) >= 11 is 2.76. The third-order valence-corrected chi connectivity index (χ3v) is 3.49. The summed E-state index contributed by atoms with van der Waals surface area (Å²) in [7, 11) is 2.86. The molecule has 0 unspecified atom stereocenters. The van der Waals surface area contributed by atoms with Crippen molar-refractivity contribution in [2.24, 2.45) is 0 Å². The SMILES string of the molecule is COc1c2occc2c(OC)c2c(=O)cc(C(=O)Br)oc12. The molecule has 0 atom stereocenters. The van der Waals surface area contributed by atoms with Crippen LogP contribution < -0.4 is 14.9 Å². The number of carbonyl (C=O) groups is 1. The highest BCUT2D eigenvalue weighted by Crippen LogP contribution is 2.41. The van der Waals surface area contributed by atoms with Crippen LogP contribution in [0.1, 0.15) is 10.6 Å². The third kappa shape index (κ3) is 1.92. The van der Waals surface area contributed by atoms with Gasteiger partial charge in [0.2, 0.25) is 5.75 Å². The fourth-order valence-corrected chi connectivity index (χ4v) is 2.46. The summed E-state index contributed by atoms with van der Waals surface area (Å²) in [6.45, 7) is 0. The Labute approximate surface area is 126 Å². The standard InChI is InChI=1S/C14H9BrO6/c1-18-10-6-3-4-20-11(6)13(19-2)12-9(10)7(16)5-8(21-12)14(15)17/h3-5H,1-2H3. The zero-order valence-corrected chi connectivity index (χ0v) is 12.6. The number of carbonyl (C=O) groups excluding carboxylic acids is 1. The molecular weight excluding hydrogens is 344 g/mol. The van der Waals surface area contributed by atoms with Crippen molar-refractivity contribution >= 4 is 42.6 Å². The normalized spacial score (nSPS) is 11.0. The first-order chi connectivity index (χ1) is 10.1. The largest absolute Gasteiger partial charge is 0.495 e. The first-order valence-electron chi connectivity index (χ1n) is 5.87. The number of rotatable bonds is 3. The van der Waals surface area contributed by atoms with E-state index in [9.17, 15) is 9.59 Å². The lowest BCUT2D eigenvalue weighted by Crippen LogP contribution is -2.06. The Morgan fingerprint density at radius 2 is 1.90 bits per heavy atom. The second kappa shape index (κ2) is 4.92. The molecule has 0 N–H and O–H groups in total. The van der Waals surface area contributed by atoms with E-state index in [4.69, 9.17) is 18.3 Å². The zero-order chi connectivity index (χ0) is 15.1. The molecule has 3 rings (SSSR count). The molecule has 7 heteroatoms. The smallest absolute Gasteiger partial charge is 0.263 e. The first kappa shape index (κ1) is 13.7. The number of fused-ring (bicyclic) bond motifs is 2. The quantitative estimate of drug-likeness (QED) is 0.674. The van der Waals surface area contributed by atoms with Crippen LogP contribution >= 0.6 is 15.9 Å². The maximum Gasteiger partial charge on any atom is 0.263 e. The van der Waals surface area contributed by atoms with Gasteiger partial charge in [0.25, 0.3) is 4.69 Å². The molecule has 0 saturated carbocycles. The van der Waals surface area contributed by atoms with Gasteiger partial charge in [-0.05, 0) is 6.07 Å². The van der Waals surface area contributed by atoms with Gasteiger partial charge in [-0.2, -0.15) is 0 Å².